The molecular formula is C11H19NO4. The first-order chi connectivity index (χ1) is 7.61. The number of carbonyl (C=O) groups is 1. The molecule has 2 aliphatic rings. The van der Waals surface area contributed by atoms with Gasteiger partial charge in [-0.3, -0.25) is 4.79 Å². The second-order valence-corrected chi connectivity index (χ2v) is 4.78. The SMILES string of the molecule is CCC[C@@H]1CC(=O)N2[C@H]1[C@@H](O)[C@H](O)[C@@H]2CO. The first kappa shape index (κ1) is 11.8. The fourth-order valence-electron chi connectivity index (χ4n) is 3.13. The minimum Gasteiger partial charge on any atom is -0.394 e. The molecule has 0 aliphatic carbocycles. The lowest BCUT2D eigenvalue weighted by Crippen LogP contribution is -2.41. The zero-order valence-electron chi connectivity index (χ0n) is 9.41. The number of carbonyl (C=O) groups excluding carboxylic acids is 1. The number of amides is 1. The molecule has 1 amide bonds. The molecule has 0 bridgehead atoms. The minimum absolute atomic E-state index is 0.0573. The van der Waals surface area contributed by atoms with Crippen molar-refractivity contribution in [2.75, 3.05) is 6.61 Å². The number of rotatable bonds is 3. The van der Waals surface area contributed by atoms with Crippen LogP contribution in [0.15, 0.2) is 0 Å². The molecule has 0 saturated carbocycles. The van der Waals surface area contributed by atoms with E-state index in [9.17, 15) is 20.1 Å². The summed E-state index contributed by atoms with van der Waals surface area (Å²) < 4.78 is 0. The van der Waals surface area contributed by atoms with Crippen LogP contribution in [0.5, 0.6) is 0 Å². The van der Waals surface area contributed by atoms with Crippen molar-refractivity contribution in [3.8, 4) is 0 Å². The molecular weight excluding hydrogens is 210 g/mol. The Morgan fingerprint density at radius 1 is 1.38 bits per heavy atom. The predicted molar refractivity (Wildman–Crippen MR) is 56.5 cm³/mol. The van der Waals surface area contributed by atoms with E-state index in [-0.39, 0.29) is 24.5 Å². The van der Waals surface area contributed by atoms with Gasteiger partial charge in [-0.1, -0.05) is 13.3 Å². The summed E-state index contributed by atoms with van der Waals surface area (Å²) >= 11 is 0. The van der Waals surface area contributed by atoms with Crippen LogP contribution in [0.25, 0.3) is 0 Å². The fourth-order valence-corrected chi connectivity index (χ4v) is 3.13. The first-order valence-electron chi connectivity index (χ1n) is 5.90. The van der Waals surface area contributed by atoms with E-state index in [4.69, 9.17) is 0 Å². The average Bonchev–Trinajstić information content (AvgIpc) is 2.69. The molecule has 0 spiro atoms. The van der Waals surface area contributed by atoms with Crippen LogP contribution >= 0.6 is 0 Å². The molecule has 5 nitrogen and oxygen atoms in total. The van der Waals surface area contributed by atoms with Crippen molar-refractivity contribution in [1.29, 1.82) is 0 Å². The van der Waals surface area contributed by atoms with Gasteiger partial charge >= 0.3 is 0 Å². The van der Waals surface area contributed by atoms with Crippen LogP contribution in [-0.4, -0.2) is 57.0 Å². The molecule has 0 aromatic rings. The van der Waals surface area contributed by atoms with Crippen molar-refractivity contribution in [3.05, 3.63) is 0 Å². The number of hydrogen-bond acceptors (Lipinski definition) is 4. The smallest absolute Gasteiger partial charge is 0.223 e. The molecule has 2 fully saturated rings. The van der Waals surface area contributed by atoms with Crippen molar-refractivity contribution in [3.63, 3.8) is 0 Å². The topological polar surface area (TPSA) is 81.0 Å². The lowest BCUT2D eigenvalue weighted by molar-refractivity contribution is -0.131. The van der Waals surface area contributed by atoms with Gasteiger partial charge in [0.25, 0.3) is 0 Å². The summed E-state index contributed by atoms with van der Waals surface area (Å²) in [5.41, 5.74) is 0. The lowest BCUT2D eigenvalue weighted by Gasteiger charge is -2.24. The number of hydrogen-bond donors (Lipinski definition) is 3. The Balaban J connectivity index is 2.22. The van der Waals surface area contributed by atoms with Gasteiger partial charge in [0, 0.05) is 6.42 Å². The summed E-state index contributed by atoms with van der Waals surface area (Å²) in [6, 6.07) is -0.936. The predicted octanol–water partition coefficient (Wildman–Crippen LogP) is -0.900. The second kappa shape index (κ2) is 4.31. The maximum Gasteiger partial charge on any atom is 0.223 e. The summed E-state index contributed by atoms with van der Waals surface area (Å²) in [7, 11) is 0. The zero-order valence-corrected chi connectivity index (χ0v) is 9.41. The Morgan fingerprint density at radius 2 is 2.06 bits per heavy atom. The Kier molecular flexibility index (Phi) is 3.19. The summed E-state index contributed by atoms with van der Waals surface area (Å²) in [4.78, 5) is 13.3. The van der Waals surface area contributed by atoms with E-state index in [1.54, 1.807) is 0 Å². The Labute approximate surface area is 94.7 Å². The summed E-state index contributed by atoms with van der Waals surface area (Å²) in [5.74, 6) is 0.0526. The first-order valence-corrected chi connectivity index (χ1v) is 5.90. The summed E-state index contributed by atoms with van der Waals surface area (Å²) in [6.45, 7) is 1.74. The van der Waals surface area contributed by atoms with Crippen LogP contribution in [0.3, 0.4) is 0 Å². The molecule has 16 heavy (non-hydrogen) atoms. The molecule has 2 aliphatic heterocycles. The molecule has 2 saturated heterocycles. The van der Waals surface area contributed by atoms with Gasteiger partial charge in [0.1, 0.15) is 12.2 Å². The highest BCUT2D eigenvalue weighted by Gasteiger charge is 2.56. The molecule has 5 atom stereocenters. The number of aliphatic hydroxyl groups is 3. The normalized spacial score (nSPS) is 42.9. The van der Waals surface area contributed by atoms with E-state index in [0.717, 1.165) is 12.8 Å². The van der Waals surface area contributed by atoms with Crippen molar-refractivity contribution in [2.24, 2.45) is 5.92 Å². The molecule has 0 radical (unpaired) electrons. The number of nitrogens with zero attached hydrogens (tertiary/aromatic N) is 1. The largest absolute Gasteiger partial charge is 0.394 e. The molecule has 5 heteroatoms. The Bertz CT molecular complexity index is 283. The average molecular weight is 229 g/mol. The molecule has 0 aromatic heterocycles. The molecule has 92 valence electrons. The standard InChI is InChI=1S/C11H19NO4/c1-2-3-6-4-8(14)12-7(5-13)10(15)11(16)9(6)12/h6-7,9-11,13,15-16H,2-5H2,1H3/t6-,7+,9-,10-,11-/m1/s1. The monoisotopic (exact) mass is 229 g/mol. The molecule has 0 aromatic carbocycles. The third-order valence-electron chi connectivity index (χ3n) is 3.83. The minimum atomic E-state index is -1.02. The molecule has 3 N–H and O–H groups in total. The molecule has 2 heterocycles. The van der Waals surface area contributed by atoms with E-state index in [2.05, 4.69) is 0 Å². The lowest BCUT2D eigenvalue weighted by atomic mass is 9.91. The highest BCUT2D eigenvalue weighted by Crippen LogP contribution is 2.39. The van der Waals surface area contributed by atoms with Crippen LogP contribution in [0.2, 0.25) is 0 Å². The van der Waals surface area contributed by atoms with Crippen LogP contribution in [0, 0.1) is 5.92 Å². The van der Waals surface area contributed by atoms with Gasteiger partial charge in [-0.15, -0.1) is 0 Å². The Morgan fingerprint density at radius 3 is 2.62 bits per heavy atom. The van der Waals surface area contributed by atoms with E-state index >= 15 is 0 Å². The quantitative estimate of drug-likeness (QED) is 0.586. The highest BCUT2D eigenvalue weighted by molar-refractivity contribution is 5.80. The van der Waals surface area contributed by atoms with Gasteiger partial charge < -0.3 is 20.2 Å². The molecule has 2 rings (SSSR count). The van der Waals surface area contributed by atoms with Crippen molar-refractivity contribution >= 4 is 5.91 Å². The van der Waals surface area contributed by atoms with Gasteiger partial charge in [-0.2, -0.15) is 0 Å². The van der Waals surface area contributed by atoms with E-state index in [0.29, 0.717) is 6.42 Å². The number of fused-ring (bicyclic) bond motifs is 1. The fraction of sp³-hybridized carbons (Fsp3) is 0.909. The summed E-state index contributed by atoms with van der Waals surface area (Å²) in [6.07, 6.45) is 0.321. The van der Waals surface area contributed by atoms with Crippen LogP contribution in [-0.2, 0) is 4.79 Å². The summed E-state index contributed by atoms with van der Waals surface area (Å²) in [5, 5.41) is 28.9. The maximum atomic E-state index is 11.8. The van der Waals surface area contributed by atoms with Gasteiger partial charge in [0.2, 0.25) is 5.91 Å². The van der Waals surface area contributed by atoms with Gasteiger partial charge in [0.05, 0.1) is 18.7 Å². The van der Waals surface area contributed by atoms with Gasteiger partial charge in [0.15, 0.2) is 0 Å². The van der Waals surface area contributed by atoms with E-state index < -0.39 is 18.2 Å². The van der Waals surface area contributed by atoms with Gasteiger partial charge in [-0.05, 0) is 12.3 Å². The third kappa shape index (κ3) is 1.54. The number of aliphatic hydroxyl groups excluding tert-OH is 3. The van der Waals surface area contributed by atoms with E-state index in [1.807, 2.05) is 6.92 Å². The Hall–Kier alpha value is -0.650. The highest BCUT2D eigenvalue weighted by atomic mass is 16.3. The van der Waals surface area contributed by atoms with Crippen LogP contribution in [0.4, 0.5) is 0 Å². The van der Waals surface area contributed by atoms with Crippen LogP contribution in [0.1, 0.15) is 26.2 Å². The van der Waals surface area contributed by atoms with Crippen molar-refractivity contribution in [2.45, 2.75) is 50.5 Å². The van der Waals surface area contributed by atoms with Crippen molar-refractivity contribution < 1.29 is 20.1 Å². The van der Waals surface area contributed by atoms with Crippen LogP contribution < -0.4 is 0 Å². The maximum absolute atomic E-state index is 11.8. The van der Waals surface area contributed by atoms with Crippen molar-refractivity contribution in [1.82, 2.24) is 4.90 Å². The van der Waals surface area contributed by atoms with E-state index in [1.165, 1.54) is 4.90 Å². The van der Waals surface area contributed by atoms with Gasteiger partial charge in [-0.25, -0.2) is 0 Å². The third-order valence-corrected chi connectivity index (χ3v) is 3.83. The second-order valence-electron chi connectivity index (χ2n) is 4.78. The zero-order chi connectivity index (χ0) is 11.9. The molecule has 0 unspecified atom stereocenters.